The highest BCUT2D eigenvalue weighted by atomic mass is 127. The van der Waals surface area contributed by atoms with E-state index in [4.69, 9.17) is 9.84 Å². The van der Waals surface area contributed by atoms with Crippen LogP contribution in [0.4, 0.5) is 0 Å². The van der Waals surface area contributed by atoms with Crippen molar-refractivity contribution in [2.75, 3.05) is 6.61 Å². The number of ether oxygens (including phenoxy) is 1. The third-order valence-electron chi connectivity index (χ3n) is 5.48. The molecule has 1 aromatic carbocycles. The highest BCUT2D eigenvalue weighted by Gasteiger charge is 2.36. The molecule has 0 aliphatic heterocycles. The number of phenols is 1. The van der Waals surface area contributed by atoms with Crippen LogP contribution in [0.3, 0.4) is 0 Å². The molecule has 1 unspecified atom stereocenters. The van der Waals surface area contributed by atoms with Gasteiger partial charge in [0, 0.05) is 3.58 Å². The van der Waals surface area contributed by atoms with Gasteiger partial charge in [-0.05, 0) is 83.4 Å². The van der Waals surface area contributed by atoms with Gasteiger partial charge in [-0.3, -0.25) is 9.59 Å². The molecule has 0 saturated carbocycles. The molecule has 0 bridgehead atoms. The number of hydrogen-bond donors (Lipinski definition) is 3. The molecule has 6 nitrogen and oxygen atoms in total. The molecule has 2 rings (SSSR count). The molecule has 0 fully saturated rings. The second-order valence-electron chi connectivity index (χ2n) is 7.60. The largest absolute Gasteiger partial charge is 0.508 e. The summed E-state index contributed by atoms with van der Waals surface area (Å²) in [6, 6.07) is 5.59. The van der Waals surface area contributed by atoms with Crippen LogP contribution in [0.1, 0.15) is 50.2 Å². The molecule has 1 aromatic rings. The standard InChI is InChI=1S/C22H27IO6/c1-14-12-15(4-6-18(14)24)22(2,16-5-7-19(25)17(23)13-16)10-3-11-29-21(28)9-8-20(26)27/h4-7,12,16,24-25H,3,8-11,13H2,1-2H3,(H,26,27)/t16-,22?/m1/s1. The van der Waals surface area contributed by atoms with Crippen LogP contribution in [0.25, 0.3) is 0 Å². The fourth-order valence-electron chi connectivity index (χ4n) is 3.56. The number of aryl methyl sites for hydroxylation is 1. The molecule has 2 atom stereocenters. The summed E-state index contributed by atoms with van der Waals surface area (Å²) in [4.78, 5) is 22.2. The first-order chi connectivity index (χ1) is 13.6. The summed E-state index contributed by atoms with van der Waals surface area (Å²) in [7, 11) is 0. The molecule has 1 aliphatic carbocycles. The Morgan fingerprint density at radius 1 is 1.28 bits per heavy atom. The average molecular weight is 514 g/mol. The van der Waals surface area contributed by atoms with E-state index in [1.807, 2.05) is 25.1 Å². The molecule has 158 valence electrons. The lowest BCUT2D eigenvalue weighted by Gasteiger charge is -2.38. The molecule has 0 amide bonds. The third-order valence-corrected chi connectivity index (χ3v) is 6.48. The van der Waals surface area contributed by atoms with Crippen molar-refractivity contribution >= 4 is 34.5 Å². The summed E-state index contributed by atoms with van der Waals surface area (Å²) < 4.78 is 6.08. The first kappa shape index (κ1) is 23.3. The van der Waals surface area contributed by atoms with E-state index in [1.54, 1.807) is 12.1 Å². The number of halogens is 1. The Kier molecular flexibility index (Phi) is 8.13. The van der Waals surface area contributed by atoms with E-state index in [0.717, 1.165) is 21.1 Å². The van der Waals surface area contributed by atoms with Crippen molar-refractivity contribution in [3.63, 3.8) is 0 Å². The predicted molar refractivity (Wildman–Crippen MR) is 118 cm³/mol. The lowest BCUT2D eigenvalue weighted by Crippen LogP contribution is -2.33. The van der Waals surface area contributed by atoms with Crippen LogP contribution in [0.2, 0.25) is 0 Å². The van der Waals surface area contributed by atoms with Crippen molar-refractivity contribution in [1.82, 2.24) is 0 Å². The number of carboxylic acid groups (broad SMARTS) is 1. The maximum Gasteiger partial charge on any atom is 0.306 e. The number of allylic oxidation sites excluding steroid dienone is 3. The topological polar surface area (TPSA) is 104 Å². The predicted octanol–water partition coefficient (Wildman–Crippen LogP) is 4.93. The lowest BCUT2D eigenvalue weighted by atomic mass is 9.66. The lowest BCUT2D eigenvalue weighted by molar-refractivity contribution is -0.147. The van der Waals surface area contributed by atoms with Gasteiger partial charge in [0.2, 0.25) is 0 Å². The second-order valence-corrected chi connectivity index (χ2v) is 8.90. The Bertz CT molecular complexity index is 829. The maximum absolute atomic E-state index is 11.6. The van der Waals surface area contributed by atoms with Gasteiger partial charge in [0.05, 0.1) is 19.4 Å². The van der Waals surface area contributed by atoms with Crippen molar-refractivity contribution in [2.24, 2.45) is 5.92 Å². The normalized spacial score (nSPS) is 18.4. The molecule has 0 saturated heterocycles. The minimum absolute atomic E-state index is 0.128. The average Bonchev–Trinajstić information content (AvgIpc) is 2.67. The van der Waals surface area contributed by atoms with E-state index in [1.165, 1.54) is 0 Å². The minimum Gasteiger partial charge on any atom is -0.508 e. The molecule has 0 aromatic heterocycles. The van der Waals surface area contributed by atoms with Crippen LogP contribution in [0, 0.1) is 12.8 Å². The number of carbonyl (C=O) groups is 2. The fourth-order valence-corrected chi connectivity index (χ4v) is 4.22. The van der Waals surface area contributed by atoms with Crippen molar-refractivity contribution in [1.29, 1.82) is 0 Å². The van der Waals surface area contributed by atoms with Gasteiger partial charge in [-0.2, -0.15) is 0 Å². The Hall–Kier alpha value is -2.03. The molecule has 3 N–H and O–H groups in total. The summed E-state index contributed by atoms with van der Waals surface area (Å²) in [6.45, 7) is 4.22. The van der Waals surface area contributed by atoms with Crippen molar-refractivity contribution in [2.45, 2.75) is 51.4 Å². The third kappa shape index (κ3) is 6.22. The number of rotatable bonds is 9. The van der Waals surface area contributed by atoms with Crippen LogP contribution < -0.4 is 0 Å². The quantitative estimate of drug-likeness (QED) is 0.245. The Morgan fingerprint density at radius 2 is 2.00 bits per heavy atom. The number of carbonyl (C=O) groups excluding carboxylic acids is 1. The van der Waals surface area contributed by atoms with Crippen LogP contribution >= 0.6 is 22.6 Å². The Morgan fingerprint density at radius 3 is 2.62 bits per heavy atom. The smallest absolute Gasteiger partial charge is 0.306 e. The molecular formula is C22H27IO6. The van der Waals surface area contributed by atoms with Gasteiger partial charge in [-0.15, -0.1) is 0 Å². The zero-order valence-corrected chi connectivity index (χ0v) is 18.8. The van der Waals surface area contributed by atoms with E-state index in [2.05, 4.69) is 29.5 Å². The van der Waals surface area contributed by atoms with Gasteiger partial charge in [0.1, 0.15) is 11.5 Å². The van der Waals surface area contributed by atoms with Crippen molar-refractivity contribution < 1.29 is 29.6 Å². The van der Waals surface area contributed by atoms with E-state index in [9.17, 15) is 19.8 Å². The number of benzene rings is 1. The minimum atomic E-state index is -1.02. The highest BCUT2D eigenvalue weighted by molar-refractivity contribution is 14.1. The number of aromatic hydroxyl groups is 1. The first-order valence-electron chi connectivity index (χ1n) is 9.57. The molecule has 7 heteroatoms. The molecular weight excluding hydrogens is 487 g/mol. The van der Waals surface area contributed by atoms with Crippen LogP contribution in [0.15, 0.2) is 39.7 Å². The fraction of sp³-hybridized carbons (Fsp3) is 0.455. The second kappa shape index (κ2) is 10.1. The van der Waals surface area contributed by atoms with E-state index >= 15 is 0 Å². The molecule has 1 aliphatic rings. The summed E-state index contributed by atoms with van der Waals surface area (Å²) in [5.41, 5.74) is 1.58. The zero-order valence-electron chi connectivity index (χ0n) is 16.7. The number of esters is 1. The number of aliphatic hydroxyl groups is 1. The number of aliphatic hydroxyl groups excluding tert-OH is 1. The number of hydrogen-bond acceptors (Lipinski definition) is 5. The monoisotopic (exact) mass is 514 g/mol. The molecule has 29 heavy (non-hydrogen) atoms. The highest BCUT2D eigenvalue weighted by Crippen LogP contribution is 2.44. The molecule has 0 spiro atoms. The molecule has 0 radical (unpaired) electrons. The van der Waals surface area contributed by atoms with Gasteiger partial charge in [-0.25, -0.2) is 0 Å². The first-order valence-corrected chi connectivity index (χ1v) is 10.6. The van der Waals surface area contributed by atoms with E-state index in [-0.39, 0.29) is 36.5 Å². The zero-order chi connectivity index (χ0) is 21.6. The Balaban J connectivity index is 2.11. The van der Waals surface area contributed by atoms with Crippen LogP contribution in [-0.2, 0) is 19.7 Å². The van der Waals surface area contributed by atoms with Crippen LogP contribution in [0.5, 0.6) is 5.75 Å². The summed E-state index contributed by atoms with van der Waals surface area (Å²) >= 11 is 2.16. The van der Waals surface area contributed by atoms with Gasteiger partial charge in [0.15, 0.2) is 0 Å². The van der Waals surface area contributed by atoms with E-state index in [0.29, 0.717) is 18.6 Å². The van der Waals surface area contributed by atoms with Gasteiger partial charge in [0.25, 0.3) is 0 Å². The van der Waals surface area contributed by atoms with Gasteiger partial charge in [-0.1, -0.05) is 25.1 Å². The number of carboxylic acids is 1. The van der Waals surface area contributed by atoms with E-state index < -0.39 is 11.9 Å². The number of phenolic OH excluding ortho intramolecular Hbond substituents is 1. The Labute approximate surface area is 184 Å². The van der Waals surface area contributed by atoms with Gasteiger partial charge >= 0.3 is 11.9 Å². The SMILES string of the molecule is Cc1cc(C(C)(CCCOC(=O)CCC(=O)O)[C@@H]2C=CC(O)=C(I)C2)ccc1O. The summed E-state index contributed by atoms with van der Waals surface area (Å²) in [5, 5.41) is 28.5. The summed E-state index contributed by atoms with van der Waals surface area (Å²) in [6.07, 6.45) is 5.43. The van der Waals surface area contributed by atoms with Crippen molar-refractivity contribution in [3.05, 3.63) is 50.8 Å². The van der Waals surface area contributed by atoms with Gasteiger partial charge < -0.3 is 20.1 Å². The van der Waals surface area contributed by atoms with Crippen molar-refractivity contribution in [3.8, 4) is 5.75 Å². The molecule has 0 heterocycles. The number of aliphatic carboxylic acids is 1. The van der Waals surface area contributed by atoms with Crippen LogP contribution in [-0.4, -0.2) is 33.9 Å². The maximum atomic E-state index is 11.6. The summed E-state index contributed by atoms with van der Waals surface area (Å²) in [5.74, 6) is -0.855.